The van der Waals surface area contributed by atoms with Crippen LogP contribution in [0.3, 0.4) is 0 Å². The number of nitrogens with zero attached hydrogens (tertiary/aromatic N) is 3. The second-order valence-corrected chi connectivity index (χ2v) is 10.0. The van der Waals surface area contributed by atoms with Crippen molar-refractivity contribution in [3.05, 3.63) is 111 Å². The number of hydrazine groups is 1. The van der Waals surface area contributed by atoms with Crippen molar-refractivity contribution in [2.45, 2.75) is 6.54 Å². The van der Waals surface area contributed by atoms with Crippen LogP contribution in [-0.2, 0) is 11.3 Å². The summed E-state index contributed by atoms with van der Waals surface area (Å²) in [6.45, 7) is 0.491. The standard InChI is InChI=1S/C27H20N4O5S2/c1-36-21-12-8-18(9-13-21)25(32)28-30-26(33)24(38-27(30)37)14-19-16-29(23-5-3-2-4-22(19)23)15-17-6-10-20(11-7-17)31(34)35/h2-14,16H,15H2,1H3,(H,28,32)/b24-14-. The van der Waals surface area contributed by atoms with Crippen molar-refractivity contribution in [2.24, 2.45) is 0 Å². The Balaban J connectivity index is 1.39. The molecule has 1 aliphatic rings. The summed E-state index contributed by atoms with van der Waals surface area (Å²) in [6, 6.07) is 20.7. The number of thiocarbonyl (C=S) groups is 1. The molecule has 0 spiro atoms. The van der Waals surface area contributed by atoms with Gasteiger partial charge in [-0.2, -0.15) is 5.01 Å². The van der Waals surface area contributed by atoms with Gasteiger partial charge in [0.05, 0.1) is 16.9 Å². The Labute approximate surface area is 226 Å². The maximum Gasteiger partial charge on any atom is 0.285 e. The van der Waals surface area contributed by atoms with E-state index in [4.69, 9.17) is 17.0 Å². The highest BCUT2D eigenvalue weighted by Gasteiger charge is 2.34. The summed E-state index contributed by atoms with van der Waals surface area (Å²) in [4.78, 5) is 36.8. The number of benzene rings is 3. The Hall–Kier alpha value is -4.48. The first kappa shape index (κ1) is 25.2. The molecule has 1 fully saturated rings. The molecule has 0 radical (unpaired) electrons. The lowest BCUT2D eigenvalue weighted by molar-refractivity contribution is -0.384. The molecule has 11 heteroatoms. The predicted octanol–water partition coefficient (Wildman–Crippen LogP) is 5.15. The molecule has 3 aromatic carbocycles. The van der Waals surface area contributed by atoms with Crippen molar-refractivity contribution in [1.82, 2.24) is 15.0 Å². The van der Waals surface area contributed by atoms with Gasteiger partial charge in [0, 0.05) is 46.9 Å². The molecule has 0 aliphatic carbocycles. The van der Waals surface area contributed by atoms with E-state index in [1.807, 2.05) is 35.0 Å². The largest absolute Gasteiger partial charge is 0.497 e. The van der Waals surface area contributed by atoms with Gasteiger partial charge in [0.25, 0.3) is 17.5 Å². The molecule has 0 saturated carbocycles. The summed E-state index contributed by atoms with van der Waals surface area (Å²) in [5, 5.41) is 13.0. The number of non-ortho nitro benzene ring substituents is 1. The molecule has 1 aromatic heterocycles. The smallest absolute Gasteiger partial charge is 0.285 e. The molecule has 2 heterocycles. The molecule has 4 aromatic rings. The molecule has 0 unspecified atom stereocenters. The van der Waals surface area contributed by atoms with Gasteiger partial charge >= 0.3 is 0 Å². The lowest BCUT2D eigenvalue weighted by atomic mass is 10.1. The third kappa shape index (κ3) is 5.01. The number of nitro groups is 1. The minimum absolute atomic E-state index is 0.0351. The van der Waals surface area contributed by atoms with E-state index in [2.05, 4.69) is 5.43 Å². The highest BCUT2D eigenvalue weighted by Crippen LogP contribution is 2.34. The van der Waals surface area contributed by atoms with Crippen LogP contribution in [0.1, 0.15) is 21.5 Å². The number of ether oxygens (including phenoxy) is 1. The number of nitrogens with one attached hydrogen (secondary N) is 1. The van der Waals surface area contributed by atoms with Crippen LogP contribution in [0.15, 0.2) is 83.9 Å². The number of hydrogen-bond donors (Lipinski definition) is 1. The second kappa shape index (κ2) is 10.5. The van der Waals surface area contributed by atoms with Crippen molar-refractivity contribution in [3.8, 4) is 5.75 Å². The quantitative estimate of drug-likeness (QED) is 0.148. The number of fused-ring (bicyclic) bond motifs is 1. The van der Waals surface area contributed by atoms with Gasteiger partial charge in [0.1, 0.15) is 5.75 Å². The zero-order valence-electron chi connectivity index (χ0n) is 20.0. The van der Waals surface area contributed by atoms with E-state index >= 15 is 0 Å². The molecule has 1 aliphatic heterocycles. The molecular weight excluding hydrogens is 524 g/mol. The van der Waals surface area contributed by atoms with E-state index in [0.717, 1.165) is 38.8 Å². The normalized spacial score (nSPS) is 14.3. The monoisotopic (exact) mass is 544 g/mol. The number of rotatable bonds is 7. The van der Waals surface area contributed by atoms with Gasteiger partial charge in [-0.05, 0) is 54.2 Å². The van der Waals surface area contributed by atoms with E-state index in [9.17, 15) is 19.7 Å². The van der Waals surface area contributed by atoms with Crippen molar-refractivity contribution in [2.75, 3.05) is 7.11 Å². The molecule has 1 saturated heterocycles. The van der Waals surface area contributed by atoms with Crippen LogP contribution in [0.4, 0.5) is 5.69 Å². The van der Waals surface area contributed by atoms with E-state index < -0.39 is 16.7 Å². The summed E-state index contributed by atoms with van der Waals surface area (Å²) >= 11 is 6.48. The van der Waals surface area contributed by atoms with E-state index in [0.29, 0.717) is 22.8 Å². The van der Waals surface area contributed by atoms with Crippen LogP contribution in [0.5, 0.6) is 5.75 Å². The van der Waals surface area contributed by atoms with Gasteiger partial charge in [0.15, 0.2) is 4.32 Å². The first-order chi connectivity index (χ1) is 18.3. The summed E-state index contributed by atoms with van der Waals surface area (Å²) in [7, 11) is 1.54. The number of carbonyl (C=O) groups is 2. The Kier molecular flexibility index (Phi) is 6.95. The lowest BCUT2D eigenvalue weighted by Crippen LogP contribution is -2.44. The van der Waals surface area contributed by atoms with Crippen LogP contribution in [0.25, 0.3) is 17.0 Å². The van der Waals surface area contributed by atoms with Crippen molar-refractivity contribution in [3.63, 3.8) is 0 Å². The third-order valence-electron chi connectivity index (χ3n) is 5.97. The zero-order chi connectivity index (χ0) is 26.8. The fourth-order valence-electron chi connectivity index (χ4n) is 4.05. The minimum Gasteiger partial charge on any atom is -0.497 e. The van der Waals surface area contributed by atoms with Gasteiger partial charge in [-0.15, -0.1) is 0 Å². The van der Waals surface area contributed by atoms with Gasteiger partial charge in [-0.3, -0.25) is 25.1 Å². The third-order valence-corrected chi connectivity index (χ3v) is 7.27. The van der Waals surface area contributed by atoms with Gasteiger partial charge in [-0.25, -0.2) is 0 Å². The molecular formula is C27H20N4O5S2. The maximum atomic E-state index is 13.2. The minimum atomic E-state index is -0.468. The number of nitro benzene ring substituents is 1. The zero-order valence-corrected chi connectivity index (χ0v) is 21.6. The van der Waals surface area contributed by atoms with Gasteiger partial charge < -0.3 is 9.30 Å². The maximum absolute atomic E-state index is 13.2. The molecule has 2 amide bonds. The molecule has 190 valence electrons. The van der Waals surface area contributed by atoms with Gasteiger partial charge in [-0.1, -0.05) is 42.1 Å². The number of amides is 2. The van der Waals surface area contributed by atoms with Crippen LogP contribution in [0.2, 0.25) is 0 Å². The summed E-state index contributed by atoms with van der Waals surface area (Å²) in [6.07, 6.45) is 3.68. The van der Waals surface area contributed by atoms with Crippen LogP contribution in [0, 0.1) is 10.1 Å². The van der Waals surface area contributed by atoms with Crippen LogP contribution < -0.4 is 10.2 Å². The van der Waals surface area contributed by atoms with Crippen molar-refractivity contribution >= 4 is 62.8 Å². The number of aromatic nitrogens is 1. The summed E-state index contributed by atoms with van der Waals surface area (Å²) in [5.41, 5.74) is 5.63. The Morgan fingerprint density at radius 2 is 1.82 bits per heavy atom. The fraction of sp³-hybridized carbons (Fsp3) is 0.0741. The van der Waals surface area contributed by atoms with E-state index in [1.54, 1.807) is 42.5 Å². The highest BCUT2D eigenvalue weighted by molar-refractivity contribution is 8.26. The SMILES string of the molecule is COc1ccc(C(=O)NN2C(=O)/C(=C/c3cn(Cc4ccc([N+](=O)[O-])cc4)c4ccccc34)SC2=S)cc1. The number of hydrogen-bond acceptors (Lipinski definition) is 7. The summed E-state index contributed by atoms with van der Waals surface area (Å²) < 4.78 is 7.35. The van der Waals surface area contributed by atoms with Crippen molar-refractivity contribution < 1.29 is 19.2 Å². The first-order valence-electron chi connectivity index (χ1n) is 11.4. The number of carbonyl (C=O) groups excluding carboxylic acids is 2. The van der Waals surface area contributed by atoms with Crippen LogP contribution >= 0.6 is 24.0 Å². The topological polar surface area (TPSA) is 107 Å². The number of methoxy groups -OCH3 is 1. The molecule has 9 nitrogen and oxygen atoms in total. The predicted molar refractivity (Wildman–Crippen MR) is 150 cm³/mol. The van der Waals surface area contributed by atoms with Crippen molar-refractivity contribution in [1.29, 1.82) is 0 Å². The lowest BCUT2D eigenvalue weighted by Gasteiger charge is -2.15. The average molecular weight is 545 g/mol. The highest BCUT2D eigenvalue weighted by atomic mass is 32.2. The fourth-order valence-corrected chi connectivity index (χ4v) is 5.22. The van der Waals surface area contributed by atoms with Gasteiger partial charge in [0.2, 0.25) is 0 Å². The first-order valence-corrected chi connectivity index (χ1v) is 12.6. The number of thioether (sulfide) groups is 1. The van der Waals surface area contributed by atoms with Crippen LogP contribution in [-0.4, -0.2) is 37.7 Å². The van der Waals surface area contributed by atoms with E-state index in [1.165, 1.54) is 19.2 Å². The Morgan fingerprint density at radius 3 is 2.50 bits per heavy atom. The molecule has 5 rings (SSSR count). The molecule has 0 bridgehead atoms. The number of para-hydroxylation sites is 1. The Morgan fingerprint density at radius 1 is 1.11 bits per heavy atom. The van der Waals surface area contributed by atoms with E-state index in [-0.39, 0.29) is 10.0 Å². The average Bonchev–Trinajstić information content (AvgIpc) is 3.40. The second-order valence-electron chi connectivity index (χ2n) is 8.34. The molecule has 38 heavy (non-hydrogen) atoms. The summed E-state index contributed by atoms with van der Waals surface area (Å²) in [5.74, 6) is -0.276. The Bertz CT molecular complexity index is 1610. The molecule has 0 atom stereocenters. The molecule has 1 N–H and O–H groups in total.